The fourth-order valence-corrected chi connectivity index (χ4v) is 5.44. The first-order valence-electron chi connectivity index (χ1n) is 7.22. The number of sulfone groups is 1. The van der Waals surface area contributed by atoms with Crippen LogP contribution in [0.1, 0.15) is 18.4 Å². The predicted octanol–water partition coefficient (Wildman–Crippen LogP) is 4.15. The van der Waals surface area contributed by atoms with Crippen molar-refractivity contribution in [1.82, 2.24) is 0 Å². The van der Waals surface area contributed by atoms with Crippen molar-refractivity contribution in [2.75, 3.05) is 0 Å². The fraction of sp³-hybridized carbons (Fsp3) is 0.235. The average molecular weight is 370 g/mol. The third-order valence-electron chi connectivity index (χ3n) is 4.45. The molecule has 2 aromatic carbocycles. The Balaban J connectivity index is 2.18. The Labute approximate surface area is 143 Å². The molecular weight excluding hydrogens is 356 g/mol. The second-order valence-corrected chi connectivity index (χ2v) is 8.52. The van der Waals surface area contributed by atoms with Gasteiger partial charge in [0.1, 0.15) is 16.4 Å². The molecule has 3 rings (SSSR count). The maximum atomic E-state index is 14.3. The SMILES string of the molecule is C=NC1CC(c2cc(F)ccc2F)(S(=O)(=O)c2ccc(Cl)cc2)C1. The predicted molar refractivity (Wildman–Crippen MR) is 89.2 cm³/mol. The summed E-state index contributed by atoms with van der Waals surface area (Å²) in [6, 6.07) is 8.17. The Morgan fingerprint density at radius 1 is 1.12 bits per heavy atom. The lowest BCUT2D eigenvalue weighted by atomic mass is 9.75. The number of benzene rings is 2. The van der Waals surface area contributed by atoms with Crippen LogP contribution in [-0.2, 0) is 14.6 Å². The van der Waals surface area contributed by atoms with Gasteiger partial charge in [0.15, 0.2) is 9.84 Å². The minimum Gasteiger partial charge on any atom is -0.297 e. The summed E-state index contributed by atoms with van der Waals surface area (Å²) in [4.78, 5) is 3.85. The van der Waals surface area contributed by atoms with E-state index in [-0.39, 0.29) is 29.3 Å². The molecule has 0 amide bonds. The molecule has 0 spiro atoms. The van der Waals surface area contributed by atoms with Gasteiger partial charge in [-0.05, 0) is 62.0 Å². The molecule has 0 bridgehead atoms. The molecule has 126 valence electrons. The summed E-state index contributed by atoms with van der Waals surface area (Å²) in [5.74, 6) is -1.44. The van der Waals surface area contributed by atoms with E-state index >= 15 is 0 Å². The topological polar surface area (TPSA) is 46.5 Å². The summed E-state index contributed by atoms with van der Waals surface area (Å²) in [5, 5.41) is 0.388. The summed E-state index contributed by atoms with van der Waals surface area (Å²) >= 11 is 5.80. The van der Waals surface area contributed by atoms with Crippen molar-refractivity contribution in [2.24, 2.45) is 4.99 Å². The zero-order valence-corrected chi connectivity index (χ0v) is 14.1. The lowest BCUT2D eigenvalue weighted by molar-refractivity contribution is 0.286. The van der Waals surface area contributed by atoms with Crippen molar-refractivity contribution >= 4 is 28.2 Å². The number of hydrogen-bond donors (Lipinski definition) is 0. The lowest BCUT2D eigenvalue weighted by Gasteiger charge is -2.45. The molecule has 3 nitrogen and oxygen atoms in total. The first-order chi connectivity index (χ1) is 11.3. The molecule has 0 saturated heterocycles. The third-order valence-corrected chi connectivity index (χ3v) is 7.17. The summed E-state index contributed by atoms with van der Waals surface area (Å²) in [6.07, 6.45) is 0.115. The zero-order valence-electron chi connectivity index (χ0n) is 12.5. The first-order valence-corrected chi connectivity index (χ1v) is 9.08. The van der Waals surface area contributed by atoms with Gasteiger partial charge in [0.2, 0.25) is 0 Å². The van der Waals surface area contributed by atoms with Gasteiger partial charge in [-0.15, -0.1) is 0 Å². The van der Waals surface area contributed by atoms with Gasteiger partial charge in [-0.25, -0.2) is 17.2 Å². The molecule has 1 aliphatic carbocycles. The maximum absolute atomic E-state index is 14.3. The highest BCUT2D eigenvalue weighted by molar-refractivity contribution is 7.92. The molecule has 2 aromatic rings. The Kier molecular flexibility index (Phi) is 4.21. The Morgan fingerprint density at radius 3 is 2.33 bits per heavy atom. The minimum atomic E-state index is -3.97. The lowest BCUT2D eigenvalue weighted by Crippen LogP contribution is -2.50. The van der Waals surface area contributed by atoms with Crippen molar-refractivity contribution < 1.29 is 17.2 Å². The van der Waals surface area contributed by atoms with E-state index in [4.69, 9.17) is 11.6 Å². The van der Waals surface area contributed by atoms with Crippen molar-refractivity contribution in [3.05, 3.63) is 64.7 Å². The van der Waals surface area contributed by atoms with Gasteiger partial charge in [-0.3, -0.25) is 4.99 Å². The molecule has 1 saturated carbocycles. The summed E-state index contributed by atoms with van der Waals surface area (Å²) in [6.45, 7) is 3.42. The quantitative estimate of drug-likeness (QED) is 0.760. The second-order valence-electron chi connectivity index (χ2n) is 5.82. The van der Waals surface area contributed by atoms with E-state index in [1.54, 1.807) is 0 Å². The van der Waals surface area contributed by atoms with E-state index in [0.29, 0.717) is 5.02 Å². The van der Waals surface area contributed by atoms with Gasteiger partial charge >= 0.3 is 0 Å². The van der Waals surface area contributed by atoms with Crippen molar-refractivity contribution in [3.63, 3.8) is 0 Å². The van der Waals surface area contributed by atoms with Gasteiger partial charge in [-0.1, -0.05) is 11.6 Å². The highest BCUT2D eigenvalue weighted by atomic mass is 35.5. The van der Waals surface area contributed by atoms with E-state index in [2.05, 4.69) is 11.7 Å². The third kappa shape index (κ3) is 2.54. The molecule has 0 atom stereocenters. The normalized spacial score (nSPS) is 23.5. The van der Waals surface area contributed by atoms with Gasteiger partial charge < -0.3 is 0 Å². The van der Waals surface area contributed by atoms with Crippen LogP contribution in [0.15, 0.2) is 52.4 Å². The summed E-state index contributed by atoms with van der Waals surface area (Å²) < 4.78 is 52.8. The fourth-order valence-electron chi connectivity index (χ4n) is 3.10. The number of nitrogens with zero attached hydrogens (tertiary/aromatic N) is 1. The molecule has 0 N–H and O–H groups in total. The Morgan fingerprint density at radius 2 is 1.75 bits per heavy atom. The smallest absolute Gasteiger partial charge is 0.188 e. The van der Waals surface area contributed by atoms with Crippen LogP contribution in [0.25, 0.3) is 0 Å². The molecule has 24 heavy (non-hydrogen) atoms. The van der Waals surface area contributed by atoms with Crippen LogP contribution in [0, 0.1) is 11.6 Å². The average Bonchev–Trinajstić information content (AvgIpc) is 2.50. The molecule has 0 radical (unpaired) electrons. The first kappa shape index (κ1) is 17.0. The number of rotatable bonds is 4. The summed E-state index contributed by atoms with van der Waals surface area (Å²) in [5.41, 5.74) is -0.169. The zero-order chi connectivity index (χ0) is 17.5. The maximum Gasteiger partial charge on any atom is 0.188 e. The minimum absolute atomic E-state index is 0.0121. The van der Waals surface area contributed by atoms with Gasteiger partial charge in [0.25, 0.3) is 0 Å². The molecule has 0 heterocycles. The second kappa shape index (κ2) is 5.93. The van der Waals surface area contributed by atoms with Crippen LogP contribution < -0.4 is 0 Å². The van der Waals surface area contributed by atoms with Crippen LogP contribution in [0.4, 0.5) is 8.78 Å². The number of hydrogen-bond acceptors (Lipinski definition) is 3. The molecule has 1 aliphatic rings. The largest absolute Gasteiger partial charge is 0.297 e. The van der Waals surface area contributed by atoms with E-state index in [9.17, 15) is 17.2 Å². The highest BCUT2D eigenvalue weighted by Crippen LogP contribution is 2.52. The van der Waals surface area contributed by atoms with Crippen LogP contribution in [0.5, 0.6) is 0 Å². The molecular formula is C17H14ClF2NO2S. The van der Waals surface area contributed by atoms with Crippen molar-refractivity contribution in [2.45, 2.75) is 28.5 Å². The number of halogens is 3. The van der Waals surface area contributed by atoms with Gasteiger partial charge in [0.05, 0.1) is 10.9 Å². The Hall–Kier alpha value is -1.79. The Bertz CT molecular complexity index is 891. The van der Waals surface area contributed by atoms with Gasteiger partial charge in [0, 0.05) is 10.6 Å². The van der Waals surface area contributed by atoms with E-state index in [1.165, 1.54) is 24.3 Å². The van der Waals surface area contributed by atoms with E-state index < -0.39 is 26.2 Å². The standard InChI is InChI=1S/C17H14ClF2NO2S/c1-21-13-9-17(10-13,15-8-12(19)4-7-16(15)20)24(22,23)14-5-2-11(18)3-6-14/h2-8,13H,1,9-10H2. The van der Waals surface area contributed by atoms with Gasteiger partial charge in [-0.2, -0.15) is 0 Å². The molecule has 0 unspecified atom stereocenters. The highest BCUT2D eigenvalue weighted by Gasteiger charge is 2.57. The number of aliphatic imine (C=N–C) groups is 1. The summed E-state index contributed by atoms with van der Waals surface area (Å²) in [7, 11) is -3.97. The van der Waals surface area contributed by atoms with Crippen LogP contribution in [-0.4, -0.2) is 21.2 Å². The molecule has 0 aromatic heterocycles. The van der Waals surface area contributed by atoms with E-state index in [1.807, 2.05) is 0 Å². The van der Waals surface area contributed by atoms with Crippen LogP contribution in [0.2, 0.25) is 5.02 Å². The van der Waals surface area contributed by atoms with Crippen molar-refractivity contribution in [3.8, 4) is 0 Å². The van der Waals surface area contributed by atoms with Crippen LogP contribution in [0.3, 0.4) is 0 Å². The molecule has 0 aliphatic heterocycles. The van der Waals surface area contributed by atoms with Crippen LogP contribution >= 0.6 is 11.6 Å². The molecule has 7 heteroatoms. The molecule has 1 fully saturated rings. The van der Waals surface area contributed by atoms with E-state index in [0.717, 1.165) is 18.2 Å². The monoisotopic (exact) mass is 369 g/mol. The van der Waals surface area contributed by atoms with Crippen molar-refractivity contribution in [1.29, 1.82) is 0 Å².